The summed E-state index contributed by atoms with van der Waals surface area (Å²) in [5.41, 5.74) is 1.69. The first-order chi connectivity index (χ1) is 15.4. The summed E-state index contributed by atoms with van der Waals surface area (Å²) in [6.07, 6.45) is 5.90. The Hall–Kier alpha value is -3.20. The van der Waals surface area contributed by atoms with Crippen molar-refractivity contribution in [1.82, 2.24) is 24.9 Å². The number of pyridine rings is 1. The molecule has 1 unspecified atom stereocenters. The molecule has 5 rings (SSSR count). The fraction of sp³-hybridized carbons (Fsp3) is 0.435. The minimum Gasteiger partial charge on any atom is -0.372 e. The van der Waals surface area contributed by atoms with Crippen molar-refractivity contribution in [2.75, 3.05) is 36.0 Å². The molecule has 166 valence electrons. The van der Waals surface area contributed by atoms with Gasteiger partial charge in [0.05, 0.1) is 23.9 Å². The minimum atomic E-state index is -0.292. The first-order valence-corrected chi connectivity index (χ1v) is 10.9. The Bertz CT molecular complexity index is 1120. The molecule has 0 saturated carbocycles. The van der Waals surface area contributed by atoms with Crippen LogP contribution in [0.5, 0.6) is 0 Å². The average molecular weight is 436 g/mol. The van der Waals surface area contributed by atoms with Gasteiger partial charge in [-0.25, -0.2) is 29.3 Å². The van der Waals surface area contributed by atoms with Gasteiger partial charge >= 0.3 is 0 Å². The highest BCUT2D eigenvalue weighted by atomic mass is 19.1. The summed E-state index contributed by atoms with van der Waals surface area (Å²) in [4.78, 5) is 26.7. The number of halogens is 1. The van der Waals surface area contributed by atoms with Crippen molar-refractivity contribution >= 4 is 11.6 Å². The smallest absolute Gasteiger partial charge is 0.197 e. The monoisotopic (exact) mass is 435 g/mol. The van der Waals surface area contributed by atoms with Crippen LogP contribution in [0.1, 0.15) is 38.1 Å². The Kier molecular flexibility index (Phi) is 5.21. The van der Waals surface area contributed by atoms with Gasteiger partial charge in [0, 0.05) is 62.3 Å². The zero-order valence-electron chi connectivity index (χ0n) is 18.5. The molecule has 3 aromatic heterocycles. The Labute approximate surface area is 186 Å². The number of rotatable bonds is 3. The lowest BCUT2D eigenvalue weighted by atomic mass is 9.99. The van der Waals surface area contributed by atoms with Crippen LogP contribution in [0.15, 0.2) is 36.8 Å². The molecule has 0 N–H and O–H groups in total. The maximum Gasteiger partial charge on any atom is 0.197 e. The van der Waals surface area contributed by atoms with Gasteiger partial charge in [0.1, 0.15) is 17.5 Å². The van der Waals surface area contributed by atoms with Crippen LogP contribution in [0.25, 0.3) is 11.6 Å². The van der Waals surface area contributed by atoms with E-state index in [1.165, 1.54) is 12.1 Å². The summed E-state index contributed by atoms with van der Waals surface area (Å²) in [5.74, 6) is 2.00. The van der Waals surface area contributed by atoms with Crippen LogP contribution >= 0.6 is 0 Å². The summed E-state index contributed by atoms with van der Waals surface area (Å²) in [6.45, 7) is 8.79. The van der Waals surface area contributed by atoms with Gasteiger partial charge in [-0.15, -0.1) is 0 Å². The number of anilines is 2. The number of nitrogens with zero attached hydrogens (tertiary/aromatic N) is 7. The van der Waals surface area contributed by atoms with Gasteiger partial charge < -0.3 is 14.5 Å². The van der Waals surface area contributed by atoms with E-state index in [0.29, 0.717) is 55.9 Å². The summed E-state index contributed by atoms with van der Waals surface area (Å²) < 4.78 is 20.4. The molecule has 8 nitrogen and oxygen atoms in total. The molecule has 0 aliphatic carbocycles. The van der Waals surface area contributed by atoms with E-state index >= 15 is 0 Å². The van der Waals surface area contributed by atoms with Crippen molar-refractivity contribution in [3.05, 3.63) is 53.9 Å². The van der Waals surface area contributed by atoms with E-state index < -0.39 is 0 Å². The molecule has 1 fully saturated rings. The van der Waals surface area contributed by atoms with Crippen molar-refractivity contribution in [3.8, 4) is 11.6 Å². The van der Waals surface area contributed by atoms with Crippen molar-refractivity contribution in [3.63, 3.8) is 0 Å². The predicted octanol–water partition coefficient (Wildman–Crippen LogP) is 3.21. The van der Waals surface area contributed by atoms with Crippen molar-refractivity contribution < 1.29 is 9.13 Å². The Morgan fingerprint density at radius 3 is 2.59 bits per heavy atom. The van der Waals surface area contributed by atoms with Crippen molar-refractivity contribution in [2.45, 2.75) is 38.8 Å². The molecule has 0 spiro atoms. The lowest BCUT2D eigenvalue weighted by Gasteiger charge is -2.40. The van der Waals surface area contributed by atoms with Crippen LogP contribution in [0.3, 0.4) is 0 Å². The number of fused-ring (bicyclic) bond motifs is 1. The second-order valence-corrected chi connectivity index (χ2v) is 8.82. The molecule has 32 heavy (non-hydrogen) atoms. The van der Waals surface area contributed by atoms with E-state index in [2.05, 4.69) is 31.7 Å². The maximum atomic E-state index is 14.6. The van der Waals surface area contributed by atoms with Crippen molar-refractivity contribution in [2.24, 2.45) is 0 Å². The van der Waals surface area contributed by atoms with Gasteiger partial charge in [0.2, 0.25) is 0 Å². The van der Waals surface area contributed by atoms with Crippen LogP contribution in [0.4, 0.5) is 16.0 Å². The molecule has 5 heterocycles. The third-order valence-electron chi connectivity index (χ3n) is 5.98. The third-order valence-corrected chi connectivity index (χ3v) is 5.98. The van der Waals surface area contributed by atoms with E-state index in [-0.39, 0.29) is 17.5 Å². The fourth-order valence-corrected chi connectivity index (χ4v) is 4.39. The molecule has 1 atom stereocenters. The summed E-state index contributed by atoms with van der Waals surface area (Å²) >= 11 is 0. The highest BCUT2D eigenvalue weighted by molar-refractivity contribution is 5.53. The third kappa shape index (κ3) is 4.00. The number of aromatic nitrogens is 5. The Morgan fingerprint density at radius 1 is 1.03 bits per heavy atom. The summed E-state index contributed by atoms with van der Waals surface area (Å²) in [7, 11) is 0. The molecule has 9 heteroatoms. The maximum absolute atomic E-state index is 14.6. The summed E-state index contributed by atoms with van der Waals surface area (Å²) in [6, 6.07) is 4.74. The minimum absolute atomic E-state index is 0.0345. The second kappa shape index (κ2) is 8.05. The van der Waals surface area contributed by atoms with E-state index in [4.69, 9.17) is 14.7 Å². The Morgan fingerprint density at radius 2 is 1.81 bits per heavy atom. The van der Waals surface area contributed by atoms with E-state index in [0.717, 1.165) is 11.3 Å². The molecule has 0 aromatic carbocycles. The van der Waals surface area contributed by atoms with E-state index in [9.17, 15) is 4.39 Å². The fourth-order valence-electron chi connectivity index (χ4n) is 4.39. The average Bonchev–Trinajstić information content (AvgIpc) is 2.78. The molecule has 0 bridgehead atoms. The quantitative estimate of drug-likeness (QED) is 0.621. The first kappa shape index (κ1) is 20.7. The van der Waals surface area contributed by atoms with Gasteiger partial charge in [-0.2, -0.15) is 0 Å². The molecule has 0 amide bonds. The lowest BCUT2D eigenvalue weighted by molar-refractivity contribution is -0.0279. The molecular weight excluding hydrogens is 409 g/mol. The zero-order chi connectivity index (χ0) is 22.3. The largest absolute Gasteiger partial charge is 0.372 e. The van der Waals surface area contributed by atoms with E-state index in [1.807, 2.05) is 20.0 Å². The highest BCUT2D eigenvalue weighted by Crippen LogP contribution is 2.34. The van der Waals surface area contributed by atoms with Crippen LogP contribution in [-0.2, 0) is 11.2 Å². The number of ether oxygens (including phenoxy) is 1. The van der Waals surface area contributed by atoms with Gasteiger partial charge in [-0.1, -0.05) is 0 Å². The van der Waals surface area contributed by atoms with Crippen LogP contribution in [0, 0.1) is 5.82 Å². The highest BCUT2D eigenvalue weighted by Gasteiger charge is 2.31. The SMILES string of the molecule is CC1c2cnc(-c3ncccn3)nc2CCN1c1cc(F)cc(N2CCOC(C)(C)C2)n1. The van der Waals surface area contributed by atoms with Crippen molar-refractivity contribution in [1.29, 1.82) is 0 Å². The zero-order valence-corrected chi connectivity index (χ0v) is 18.5. The van der Waals surface area contributed by atoms with Crippen LogP contribution < -0.4 is 9.80 Å². The van der Waals surface area contributed by atoms with Gasteiger partial charge in [-0.3, -0.25) is 0 Å². The molecule has 2 aliphatic heterocycles. The number of morpholine rings is 1. The topological polar surface area (TPSA) is 80.2 Å². The predicted molar refractivity (Wildman–Crippen MR) is 119 cm³/mol. The molecule has 2 aliphatic rings. The van der Waals surface area contributed by atoms with Gasteiger partial charge in [0.15, 0.2) is 11.6 Å². The molecule has 0 radical (unpaired) electrons. The molecule has 3 aromatic rings. The van der Waals surface area contributed by atoms with Gasteiger partial charge in [0.25, 0.3) is 0 Å². The first-order valence-electron chi connectivity index (χ1n) is 10.9. The normalized spacial score (nSPS) is 20.2. The molecular formula is C23H26FN7O. The Balaban J connectivity index is 1.43. The van der Waals surface area contributed by atoms with Crippen LogP contribution in [0.2, 0.25) is 0 Å². The second-order valence-electron chi connectivity index (χ2n) is 8.82. The summed E-state index contributed by atoms with van der Waals surface area (Å²) in [5, 5.41) is 0. The standard InChI is InChI=1S/C23H26FN7O/c1-15-17-13-27-22(21-25-6-4-7-26-21)28-18(17)5-8-31(15)20-12-16(24)11-19(29-20)30-9-10-32-23(2,3)14-30/h4,6-7,11-13,15H,5,8-10,14H2,1-3H3. The van der Waals surface area contributed by atoms with Gasteiger partial charge in [-0.05, 0) is 26.8 Å². The lowest BCUT2D eigenvalue weighted by Crippen LogP contribution is -2.48. The van der Waals surface area contributed by atoms with Crippen LogP contribution in [-0.4, -0.2) is 56.8 Å². The van der Waals surface area contributed by atoms with E-state index in [1.54, 1.807) is 18.5 Å². The number of hydrogen-bond donors (Lipinski definition) is 0. The molecule has 1 saturated heterocycles. The number of hydrogen-bond acceptors (Lipinski definition) is 8.